The number of fused-ring (bicyclic) bond motifs is 1. The Kier molecular flexibility index (Phi) is 2.09. The Morgan fingerprint density at radius 3 is 3.00 bits per heavy atom. The number of rotatable bonds is 0. The maximum atomic E-state index is 2.73. The second-order valence-corrected chi connectivity index (χ2v) is 7.98. The van der Waals surface area contributed by atoms with Crippen LogP contribution >= 0.6 is 0 Å². The zero-order valence-corrected chi connectivity index (χ0v) is 9.18. The second-order valence-electron chi connectivity index (χ2n) is 3.52. The molecule has 1 saturated heterocycles. The van der Waals surface area contributed by atoms with E-state index in [1.807, 2.05) is 0 Å². The van der Waals surface area contributed by atoms with E-state index in [-0.39, 0.29) is 0 Å². The number of hydrogen-bond acceptors (Lipinski definition) is 1. The minimum absolute atomic E-state index is 0.600. The average molecular weight is 215 g/mol. The molecular weight excluding hydrogens is 199 g/mol. The van der Waals surface area contributed by atoms with Crippen molar-refractivity contribution in [2.45, 2.75) is 19.1 Å². The molecule has 2 aliphatic rings. The van der Waals surface area contributed by atoms with Crippen LogP contribution < -0.4 is 4.23 Å². The second kappa shape index (κ2) is 2.93. The van der Waals surface area contributed by atoms with Crippen molar-refractivity contribution >= 4 is 15.1 Å². The van der Waals surface area contributed by atoms with E-state index in [1.54, 1.807) is 11.1 Å². The van der Waals surface area contributed by atoms with Crippen molar-refractivity contribution < 1.29 is 4.23 Å². The van der Waals surface area contributed by atoms with Crippen molar-refractivity contribution in [1.82, 2.24) is 3.82 Å². The first-order chi connectivity index (χ1) is 5.27. The summed E-state index contributed by atoms with van der Waals surface area (Å²) in [6.07, 6.45) is 0. The van der Waals surface area contributed by atoms with Gasteiger partial charge in [-0.25, -0.2) is 0 Å². The van der Waals surface area contributed by atoms with Crippen LogP contribution in [0.5, 0.6) is 0 Å². The molecule has 0 amide bonds. The molecule has 2 aliphatic heterocycles. The molecule has 62 valence electrons. The molecule has 0 radical (unpaired) electrons. The van der Waals surface area contributed by atoms with Crippen molar-refractivity contribution in [2.24, 2.45) is 0 Å². The average Bonchev–Trinajstić information content (AvgIpc) is 2.36. The van der Waals surface area contributed by atoms with Crippen molar-refractivity contribution in [3.8, 4) is 0 Å². The minimum atomic E-state index is -0.600. The number of quaternary nitrogens is 1. The van der Waals surface area contributed by atoms with E-state index in [1.165, 1.54) is 24.8 Å². The van der Waals surface area contributed by atoms with E-state index in [0.717, 1.165) is 0 Å². The predicted molar refractivity (Wildman–Crippen MR) is 47.3 cm³/mol. The fourth-order valence-electron chi connectivity index (χ4n) is 1.72. The summed E-state index contributed by atoms with van der Waals surface area (Å²) in [4.78, 5) is 0. The summed E-state index contributed by atoms with van der Waals surface area (Å²) in [5, 5.41) is 1.43. The zero-order valence-electron chi connectivity index (χ0n) is 7.30. The first-order valence-electron chi connectivity index (χ1n) is 4.27. The van der Waals surface area contributed by atoms with Crippen LogP contribution in [0.25, 0.3) is 0 Å². The molecule has 2 rings (SSSR count). The summed E-state index contributed by atoms with van der Waals surface area (Å²) in [6, 6.07) is 0. The molecule has 0 spiro atoms. The van der Waals surface area contributed by atoms with E-state index in [9.17, 15) is 0 Å². The third-order valence-corrected chi connectivity index (χ3v) is 7.98. The Morgan fingerprint density at radius 2 is 2.18 bits per heavy atom. The summed E-state index contributed by atoms with van der Waals surface area (Å²) >= 11 is -0.600. The van der Waals surface area contributed by atoms with Crippen LogP contribution in [0.2, 0.25) is 5.21 Å². The predicted octanol–water partition coefficient (Wildman–Crippen LogP) is -0.296. The van der Waals surface area contributed by atoms with E-state index in [2.05, 4.69) is 21.9 Å². The molecule has 0 aromatic rings. The van der Waals surface area contributed by atoms with Gasteiger partial charge in [0.15, 0.2) is 0 Å². The molecule has 1 atom stereocenters. The third-order valence-electron chi connectivity index (χ3n) is 2.64. The van der Waals surface area contributed by atoms with Gasteiger partial charge in [-0.1, -0.05) is 0 Å². The van der Waals surface area contributed by atoms with Gasteiger partial charge < -0.3 is 0 Å². The van der Waals surface area contributed by atoms with Crippen molar-refractivity contribution in [3.05, 3.63) is 11.1 Å². The fraction of sp³-hybridized carbons (Fsp3) is 0.750. The number of allylic oxidation sites excluding steroid dienone is 1. The van der Waals surface area contributed by atoms with Crippen LogP contribution in [0.3, 0.4) is 0 Å². The van der Waals surface area contributed by atoms with Gasteiger partial charge in [0.2, 0.25) is 0 Å². The quantitative estimate of drug-likeness (QED) is 0.434. The van der Waals surface area contributed by atoms with Crippen LogP contribution in [0.4, 0.5) is 0 Å². The van der Waals surface area contributed by atoms with Crippen LogP contribution in [0.15, 0.2) is 11.1 Å². The van der Waals surface area contributed by atoms with E-state index in [0.29, 0.717) is 0 Å². The number of nitrogens with zero attached hydrogens (tertiary/aromatic N) is 1. The Labute approximate surface area is 73.4 Å². The van der Waals surface area contributed by atoms with Crippen molar-refractivity contribution in [1.29, 1.82) is 0 Å². The molecule has 0 bridgehead atoms. The molecule has 0 saturated carbocycles. The first kappa shape index (κ1) is 7.85. The Balaban J connectivity index is 2.14. The Bertz CT molecular complexity index is 180. The monoisotopic (exact) mass is 215 g/mol. The molecule has 11 heavy (non-hydrogen) atoms. The summed E-state index contributed by atoms with van der Waals surface area (Å²) in [7, 11) is 0. The van der Waals surface area contributed by atoms with Gasteiger partial charge in [0.1, 0.15) is 0 Å². The van der Waals surface area contributed by atoms with Gasteiger partial charge >= 0.3 is 73.0 Å². The molecule has 1 fully saturated rings. The maximum absolute atomic E-state index is 2.73. The van der Waals surface area contributed by atoms with Gasteiger partial charge in [0, 0.05) is 0 Å². The molecule has 0 aromatic carbocycles. The number of nitrogens with two attached hydrogens (primary N) is 1. The van der Waals surface area contributed by atoms with Crippen LogP contribution in [-0.4, -0.2) is 38.6 Å². The Morgan fingerprint density at radius 1 is 1.36 bits per heavy atom. The van der Waals surface area contributed by atoms with E-state index >= 15 is 0 Å². The summed E-state index contributed by atoms with van der Waals surface area (Å²) in [5.41, 5.74) is 3.31. The summed E-state index contributed by atoms with van der Waals surface area (Å²) in [6.45, 7) is 8.60. The van der Waals surface area contributed by atoms with Crippen LogP contribution in [-0.2, 0) is 0 Å². The summed E-state index contributed by atoms with van der Waals surface area (Å²) in [5.74, 6) is 0. The fourth-order valence-corrected chi connectivity index (χ4v) is 6.96. The standard InChI is InChI=1S/C8H15AsN2/c1-7-5-9-10-3-4-11(9)6-8(7)2/h10H,3-6H2,1-2H3/p+1. The van der Waals surface area contributed by atoms with Gasteiger partial charge in [-0.3, -0.25) is 0 Å². The van der Waals surface area contributed by atoms with Gasteiger partial charge in [0.05, 0.1) is 0 Å². The zero-order chi connectivity index (χ0) is 7.84. The van der Waals surface area contributed by atoms with Crippen molar-refractivity contribution in [2.75, 3.05) is 19.6 Å². The van der Waals surface area contributed by atoms with Gasteiger partial charge in [-0.2, -0.15) is 0 Å². The van der Waals surface area contributed by atoms with Gasteiger partial charge in [0.25, 0.3) is 0 Å². The summed E-state index contributed by atoms with van der Waals surface area (Å²) < 4.78 is 5.35. The SMILES string of the molecule is CC1=C(C)C[As]2[NH2+]CCN2C1. The van der Waals surface area contributed by atoms with E-state index in [4.69, 9.17) is 0 Å². The topological polar surface area (TPSA) is 19.9 Å². The van der Waals surface area contributed by atoms with Gasteiger partial charge in [-0.05, 0) is 0 Å². The molecule has 2 N–H and O–H groups in total. The van der Waals surface area contributed by atoms with Crippen LogP contribution in [0.1, 0.15) is 13.8 Å². The Hall–Kier alpha value is 0.218. The number of hydrogen-bond donors (Lipinski definition) is 1. The van der Waals surface area contributed by atoms with E-state index < -0.39 is 15.1 Å². The molecule has 0 aromatic heterocycles. The molecule has 1 unspecified atom stereocenters. The third kappa shape index (κ3) is 1.40. The van der Waals surface area contributed by atoms with Crippen LogP contribution in [0, 0.1) is 0 Å². The first-order valence-corrected chi connectivity index (χ1v) is 7.52. The van der Waals surface area contributed by atoms with Gasteiger partial charge in [-0.15, -0.1) is 0 Å². The molecule has 2 heterocycles. The molecule has 2 nitrogen and oxygen atoms in total. The van der Waals surface area contributed by atoms with Crippen molar-refractivity contribution in [3.63, 3.8) is 0 Å². The normalized spacial score (nSPS) is 32.7. The molecule has 0 aliphatic carbocycles. The molecule has 3 heteroatoms. The molecular formula is C8H16AsN2+.